The molecule has 1 aliphatic rings. The van der Waals surface area contributed by atoms with E-state index in [0.717, 1.165) is 12.1 Å². The van der Waals surface area contributed by atoms with Gasteiger partial charge in [0.25, 0.3) is 0 Å². The van der Waals surface area contributed by atoms with Crippen molar-refractivity contribution in [3.63, 3.8) is 0 Å². The number of rotatable bonds is 3. The van der Waals surface area contributed by atoms with Crippen molar-refractivity contribution in [3.8, 4) is 0 Å². The highest BCUT2D eigenvalue weighted by atomic mass is 19.1. The highest BCUT2D eigenvalue weighted by molar-refractivity contribution is 5.97. The molecule has 1 saturated heterocycles. The minimum atomic E-state index is -0.807. The third kappa shape index (κ3) is 3.36. The van der Waals surface area contributed by atoms with Gasteiger partial charge in [0, 0.05) is 18.7 Å². The lowest BCUT2D eigenvalue weighted by Crippen LogP contribution is -2.49. The number of carbonyl (C=O) groups excluding carboxylic acids is 1. The minimum Gasteiger partial charge on any atom is -0.376 e. The average molecular weight is 269 g/mol. The predicted octanol–water partition coefficient (Wildman–Crippen LogP) is 2.26. The molecule has 0 radical (unpaired) electrons. The lowest BCUT2D eigenvalue weighted by Gasteiger charge is -2.36. The van der Waals surface area contributed by atoms with E-state index in [-0.39, 0.29) is 30.0 Å². The molecule has 1 aromatic rings. The molecule has 1 aliphatic heterocycles. The van der Waals surface area contributed by atoms with Gasteiger partial charge in [-0.15, -0.1) is 0 Å². The van der Waals surface area contributed by atoms with E-state index in [1.165, 1.54) is 6.07 Å². The fourth-order valence-corrected chi connectivity index (χ4v) is 2.18. The van der Waals surface area contributed by atoms with Crippen molar-refractivity contribution in [3.05, 3.63) is 35.4 Å². The first-order chi connectivity index (χ1) is 8.97. The molecule has 5 heteroatoms. The first kappa shape index (κ1) is 14.1. The van der Waals surface area contributed by atoms with Crippen LogP contribution in [0.15, 0.2) is 18.2 Å². The monoisotopic (exact) mass is 269 g/mol. The van der Waals surface area contributed by atoms with E-state index < -0.39 is 11.6 Å². The number of hydrogen-bond acceptors (Lipinski definition) is 3. The Morgan fingerprint density at radius 1 is 1.42 bits per heavy atom. The van der Waals surface area contributed by atoms with Crippen LogP contribution in [0, 0.1) is 11.6 Å². The molecule has 0 bridgehead atoms. The molecule has 2 atom stereocenters. The fourth-order valence-electron chi connectivity index (χ4n) is 2.18. The molecule has 0 aliphatic carbocycles. The van der Waals surface area contributed by atoms with Gasteiger partial charge in [-0.25, -0.2) is 8.78 Å². The summed E-state index contributed by atoms with van der Waals surface area (Å²) in [6.07, 6.45) is 0.0575. The van der Waals surface area contributed by atoms with E-state index in [1.807, 2.05) is 18.7 Å². The minimum absolute atomic E-state index is 0.0575. The number of ketones is 1. The van der Waals surface area contributed by atoms with Crippen LogP contribution in [-0.4, -0.2) is 42.5 Å². The summed E-state index contributed by atoms with van der Waals surface area (Å²) >= 11 is 0. The Hall–Kier alpha value is -1.33. The lowest BCUT2D eigenvalue weighted by molar-refractivity contribution is -0.0460. The SMILES string of the molecule is CC1CN(CC(=O)c2ccc(F)cc2F)C(C)CO1. The Balaban J connectivity index is 2.07. The largest absolute Gasteiger partial charge is 0.376 e. The van der Waals surface area contributed by atoms with E-state index in [2.05, 4.69) is 0 Å². The highest BCUT2D eigenvalue weighted by Gasteiger charge is 2.26. The second-order valence-electron chi connectivity index (χ2n) is 4.97. The van der Waals surface area contributed by atoms with Gasteiger partial charge in [-0.3, -0.25) is 9.69 Å². The van der Waals surface area contributed by atoms with Gasteiger partial charge in [-0.05, 0) is 26.0 Å². The molecule has 3 nitrogen and oxygen atoms in total. The Kier molecular flexibility index (Phi) is 4.27. The number of Topliss-reactive ketones (excluding diaryl/α,β-unsaturated/α-hetero) is 1. The summed E-state index contributed by atoms with van der Waals surface area (Å²) < 4.78 is 31.8. The predicted molar refractivity (Wildman–Crippen MR) is 67.1 cm³/mol. The number of halogens is 2. The zero-order valence-corrected chi connectivity index (χ0v) is 11.0. The first-order valence-corrected chi connectivity index (χ1v) is 6.31. The molecule has 19 heavy (non-hydrogen) atoms. The molecule has 104 valence electrons. The zero-order valence-electron chi connectivity index (χ0n) is 11.0. The van der Waals surface area contributed by atoms with Crippen LogP contribution in [0.25, 0.3) is 0 Å². The number of ether oxygens (including phenoxy) is 1. The standard InChI is InChI=1S/C14H17F2NO2/c1-9-8-19-10(2)6-17(9)7-14(18)12-4-3-11(15)5-13(12)16/h3-5,9-10H,6-8H2,1-2H3. The summed E-state index contributed by atoms with van der Waals surface area (Å²) in [5, 5.41) is 0. The van der Waals surface area contributed by atoms with E-state index >= 15 is 0 Å². The van der Waals surface area contributed by atoms with Crippen LogP contribution >= 0.6 is 0 Å². The van der Waals surface area contributed by atoms with E-state index in [9.17, 15) is 13.6 Å². The van der Waals surface area contributed by atoms with Crippen molar-refractivity contribution in [1.82, 2.24) is 4.90 Å². The molecule has 0 amide bonds. The van der Waals surface area contributed by atoms with Crippen LogP contribution in [-0.2, 0) is 4.74 Å². The maximum Gasteiger partial charge on any atom is 0.179 e. The maximum atomic E-state index is 13.5. The van der Waals surface area contributed by atoms with E-state index in [1.54, 1.807) is 0 Å². The summed E-state index contributed by atoms with van der Waals surface area (Å²) in [5.74, 6) is -1.82. The highest BCUT2D eigenvalue weighted by Crippen LogP contribution is 2.15. The Bertz CT molecular complexity index is 479. The summed E-state index contributed by atoms with van der Waals surface area (Å²) in [6.45, 7) is 5.20. The van der Waals surface area contributed by atoms with Crippen LogP contribution in [0.2, 0.25) is 0 Å². The molecule has 0 spiro atoms. The quantitative estimate of drug-likeness (QED) is 0.788. The number of benzene rings is 1. The Labute approximate surface area is 111 Å². The maximum absolute atomic E-state index is 13.5. The smallest absolute Gasteiger partial charge is 0.179 e. The molecule has 0 saturated carbocycles. The summed E-state index contributed by atoms with van der Waals surface area (Å²) in [4.78, 5) is 14.0. The number of nitrogens with zero attached hydrogens (tertiary/aromatic N) is 1. The third-order valence-corrected chi connectivity index (χ3v) is 3.32. The van der Waals surface area contributed by atoms with Crippen molar-refractivity contribution in [1.29, 1.82) is 0 Å². The topological polar surface area (TPSA) is 29.5 Å². The third-order valence-electron chi connectivity index (χ3n) is 3.32. The van der Waals surface area contributed by atoms with Crippen molar-refractivity contribution in [2.75, 3.05) is 19.7 Å². The summed E-state index contributed by atoms with van der Waals surface area (Å²) in [7, 11) is 0. The van der Waals surface area contributed by atoms with Crippen LogP contribution in [0.4, 0.5) is 8.78 Å². The molecular formula is C14H17F2NO2. The van der Waals surface area contributed by atoms with Gasteiger partial charge in [0.1, 0.15) is 11.6 Å². The summed E-state index contributed by atoms with van der Waals surface area (Å²) in [6, 6.07) is 3.14. The van der Waals surface area contributed by atoms with Crippen LogP contribution in [0.5, 0.6) is 0 Å². The second kappa shape index (κ2) is 5.75. The van der Waals surface area contributed by atoms with Crippen molar-refractivity contribution in [2.24, 2.45) is 0 Å². The molecule has 2 unspecified atom stereocenters. The van der Waals surface area contributed by atoms with E-state index in [4.69, 9.17) is 4.74 Å². The molecule has 1 heterocycles. The van der Waals surface area contributed by atoms with Crippen LogP contribution < -0.4 is 0 Å². The lowest BCUT2D eigenvalue weighted by atomic mass is 10.1. The van der Waals surface area contributed by atoms with E-state index in [0.29, 0.717) is 13.2 Å². The summed E-state index contributed by atoms with van der Waals surface area (Å²) in [5.41, 5.74) is -0.0623. The van der Waals surface area contributed by atoms with Crippen molar-refractivity contribution in [2.45, 2.75) is 26.0 Å². The number of morpholine rings is 1. The Morgan fingerprint density at radius 2 is 2.16 bits per heavy atom. The van der Waals surface area contributed by atoms with Crippen LogP contribution in [0.1, 0.15) is 24.2 Å². The second-order valence-corrected chi connectivity index (χ2v) is 4.97. The molecule has 1 aromatic carbocycles. The van der Waals surface area contributed by atoms with Gasteiger partial charge >= 0.3 is 0 Å². The molecule has 0 N–H and O–H groups in total. The molecular weight excluding hydrogens is 252 g/mol. The van der Waals surface area contributed by atoms with Gasteiger partial charge in [0.15, 0.2) is 5.78 Å². The van der Waals surface area contributed by atoms with Crippen molar-refractivity contribution < 1.29 is 18.3 Å². The zero-order chi connectivity index (χ0) is 14.0. The molecule has 1 fully saturated rings. The van der Waals surface area contributed by atoms with Crippen molar-refractivity contribution >= 4 is 5.78 Å². The van der Waals surface area contributed by atoms with Gasteiger partial charge in [-0.2, -0.15) is 0 Å². The number of hydrogen-bond donors (Lipinski definition) is 0. The van der Waals surface area contributed by atoms with Gasteiger partial charge in [0.05, 0.1) is 24.8 Å². The molecule has 2 rings (SSSR count). The normalized spacial score (nSPS) is 24.4. The Morgan fingerprint density at radius 3 is 2.84 bits per heavy atom. The van der Waals surface area contributed by atoms with Gasteiger partial charge < -0.3 is 4.74 Å². The van der Waals surface area contributed by atoms with Crippen LogP contribution in [0.3, 0.4) is 0 Å². The average Bonchev–Trinajstić information content (AvgIpc) is 2.33. The molecule has 0 aromatic heterocycles. The van der Waals surface area contributed by atoms with Gasteiger partial charge in [-0.1, -0.05) is 0 Å². The fraction of sp³-hybridized carbons (Fsp3) is 0.500. The number of carbonyl (C=O) groups is 1. The van der Waals surface area contributed by atoms with Gasteiger partial charge in [0.2, 0.25) is 0 Å². The first-order valence-electron chi connectivity index (χ1n) is 6.31.